The average Bonchev–Trinajstić information content (AvgIpc) is 2.96. The first kappa shape index (κ1) is 14.0. The van der Waals surface area contributed by atoms with Gasteiger partial charge in [-0.1, -0.05) is 18.2 Å². The number of fused-ring (bicyclic) bond motifs is 1. The van der Waals surface area contributed by atoms with Crippen LogP contribution >= 0.6 is 0 Å². The van der Waals surface area contributed by atoms with Gasteiger partial charge in [-0.3, -0.25) is 4.79 Å². The third kappa shape index (κ3) is 3.03. The van der Waals surface area contributed by atoms with E-state index in [1.165, 1.54) is 0 Å². The van der Waals surface area contributed by atoms with Gasteiger partial charge in [0.1, 0.15) is 0 Å². The number of nitrogens with zero attached hydrogens (tertiary/aromatic N) is 4. The van der Waals surface area contributed by atoms with Crippen molar-refractivity contribution in [3.8, 4) is 5.88 Å². The molecule has 0 atom stereocenters. The highest BCUT2D eigenvalue weighted by molar-refractivity contribution is 5.90. The second kappa shape index (κ2) is 6.21. The van der Waals surface area contributed by atoms with Crippen LogP contribution in [0.3, 0.4) is 0 Å². The molecule has 0 saturated carbocycles. The number of anilines is 1. The fourth-order valence-corrected chi connectivity index (χ4v) is 2.05. The maximum atomic E-state index is 12.0. The summed E-state index contributed by atoms with van der Waals surface area (Å²) in [5.74, 6) is 1.02. The van der Waals surface area contributed by atoms with E-state index in [2.05, 4.69) is 20.6 Å². The highest BCUT2D eigenvalue weighted by atomic mass is 16.5. The van der Waals surface area contributed by atoms with Gasteiger partial charge in [-0.2, -0.15) is 4.52 Å². The molecule has 0 saturated heterocycles. The first-order valence-electron chi connectivity index (χ1n) is 6.86. The second-order valence-electron chi connectivity index (χ2n) is 4.68. The Morgan fingerprint density at radius 1 is 1.18 bits per heavy atom. The summed E-state index contributed by atoms with van der Waals surface area (Å²) in [7, 11) is 1.55. The smallest absolute Gasteiger partial charge is 0.231 e. The summed E-state index contributed by atoms with van der Waals surface area (Å²) in [6.07, 6.45) is 0.745. The predicted octanol–water partition coefficient (Wildman–Crippen LogP) is 1.70. The highest BCUT2D eigenvalue weighted by Crippen LogP contribution is 2.10. The van der Waals surface area contributed by atoms with Crippen LogP contribution < -0.4 is 10.1 Å². The van der Waals surface area contributed by atoms with Crippen molar-refractivity contribution in [1.82, 2.24) is 19.8 Å². The summed E-state index contributed by atoms with van der Waals surface area (Å²) in [6, 6.07) is 12.8. The molecule has 1 amide bonds. The van der Waals surface area contributed by atoms with Gasteiger partial charge >= 0.3 is 0 Å². The number of carbonyl (C=O) groups is 1. The summed E-state index contributed by atoms with van der Waals surface area (Å²) in [5.41, 5.74) is 1.40. The van der Waals surface area contributed by atoms with Crippen LogP contribution in [0.4, 0.5) is 5.69 Å². The van der Waals surface area contributed by atoms with Gasteiger partial charge in [0.25, 0.3) is 0 Å². The number of hydrogen-bond acceptors (Lipinski definition) is 5. The lowest BCUT2D eigenvalue weighted by molar-refractivity contribution is -0.116. The number of para-hydroxylation sites is 1. The molecule has 0 spiro atoms. The molecule has 3 rings (SSSR count). The van der Waals surface area contributed by atoms with Gasteiger partial charge in [0.2, 0.25) is 11.8 Å². The van der Waals surface area contributed by atoms with Gasteiger partial charge in [-0.15, -0.1) is 15.3 Å². The van der Waals surface area contributed by atoms with Crippen molar-refractivity contribution < 1.29 is 9.53 Å². The standard InChI is InChI=1S/C15H15N5O2/c1-22-15-10-8-13-18-17-12(20(13)19-15)7-9-14(21)16-11-5-3-2-4-6-11/h2-6,8,10H,7,9H2,1H3,(H,16,21). The number of ether oxygens (including phenoxy) is 1. The van der Waals surface area contributed by atoms with Crippen LogP contribution in [-0.4, -0.2) is 32.8 Å². The third-order valence-electron chi connectivity index (χ3n) is 3.15. The monoisotopic (exact) mass is 297 g/mol. The Morgan fingerprint density at radius 2 is 2.00 bits per heavy atom. The van der Waals surface area contributed by atoms with Crippen LogP contribution in [0.15, 0.2) is 42.5 Å². The van der Waals surface area contributed by atoms with Gasteiger partial charge in [-0.25, -0.2) is 0 Å². The molecule has 0 fully saturated rings. The molecule has 22 heavy (non-hydrogen) atoms. The fourth-order valence-electron chi connectivity index (χ4n) is 2.05. The van der Waals surface area contributed by atoms with E-state index < -0.39 is 0 Å². The lowest BCUT2D eigenvalue weighted by atomic mass is 10.2. The van der Waals surface area contributed by atoms with E-state index in [4.69, 9.17) is 4.74 Å². The average molecular weight is 297 g/mol. The van der Waals surface area contributed by atoms with Gasteiger partial charge in [0.15, 0.2) is 11.5 Å². The summed E-state index contributed by atoms with van der Waals surface area (Å²) in [4.78, 5) is 12.0. The highest BCUT2D eigenvalue weighted by Gasteiger charge is 2.10. The number of benzene rings is 1. The first-order valence-corrected chi connectivity index (χ1v) is 6.86. The number of amides is 1. The number of aryl methyl sites for hydroxylation is 1. The van der Waals surface area contributed by atoms with E-state index in [1.807, 2.05) is 30.3 Å². The molecule has 7 nitrogen and oxygen atoms in total. The normalized spacial score (nSPS) is 10.6. The first-order chi connectivity index (χ1) is 10.8. The predicted molar refractivity (Wildman–Crippen MR) is 80.7 cm³/mol. The summed E-state index contributed by atoms with van der Waals surface area (Å²) in [5, 5.41) is 15.2. The van der Waals surface area contributed by atoms with E-state index in [9.17, 15) is 4.79 Å². The Bertz CT molecular complexity index is 785. The number of aromatic nitrogens is 4. The maximum absolute atomic E-state index is 12.0. The topological polar surface area (TPSA) is 81.4 Å². The fraction of sp³-hybridized carbons (Fsp3) is 0.200. The molecule has 0 aliphatic carbocycles. The van der Waals surface area contributed by atoms with E-state index in [1.54, 1.807) is 23.8 Å². The van der Waals surface area contributed by atoms with Gasteiger partial charge in [-0.05, 0) is 18.2 Å². The van der Waals surface area contributed by atoms with Crippen molar-refractivity contribution in [2.24, 2.45) is 0 Å². The maximum Gasteiger partial charge on any atom is 0.231 e. The van der Waals surface area contributed by atoms with Crippen molar-refractivity contribution in [2.75, 3.05) is 12.4 Å². The zero-order valence-electron chi connectivity index (χ0n) is 12.1. The number of hydrogen-bond donors (Lipinski definition) is 1. The molecule has 2 heterocycles. The van der Waals surface area contributed by atoms with E-state index in [0.29, 0.717) is 30.2 Å². The molecule has 112 valence electrons. The number of rotatable bonds is 5. The van der Waals surface area contributed by atoms with Crippen LogP contribution in [0, 0.1) is 0 Å². The molecule has 0 radical (unpaired) electrons. The minimum Gasteiger partial charge on any atom is -0.480 e. The van der Waals surface area contributed by atoms with Crippen LogP contribution in [-0.2, 0) is 11.2 Å². The van der Waals surface area contributed by atoms with Crippen molar-refractivity contribution in [3.05, 3.63) is 48.3 Å². The Morgan fingerprint density at radius 3 is 2.77 bits per heavy atom. The molecule has 0 aliphatic heterocycles. The Kier molecular flexibility index (Phi) is 3.95. The molecule has 2 aromatic heterocycles. The number of nitrogens with one attached hydrogen (secondary N) is 1. The lowest BCUT2D eigenvalue weighted by Crippen LogP contribution is -2.13. The molecule has 0 bridgehead atoms. The molecule has 1 aromatic carbocycles. The quantitative estimate of drug-likeness (QED) is 0.775. The molecular weight excluding hydrogens is 282 g/mol. The SMILES string of the molecule is COc1ccc2nnc(CCC(=O)Nc3ccccc3)n2n1. The molecular formula is C15H15N5O2. The van der Waals surface area contributed by atoms with Crippen LogP contribution in [0.1, 0.15) is 12.2 Å². The van der Waals surface area contributed by atoms with Gasteiger partial charge in [0, 0.05) is 24.6 Å². The third-order valence-corrected chi connectivity index (χ3v) is 3.15. The number of methoxy groups -OCH3 is 1. The van der Waals surface area contributed by atoms with Crippen LogP contribution in [0.5, 0.6) is 5.88 Å². The van der Waals surface area contributed by atoms with Crippen molar-refractivity contribution in [1.29, 1.82) is 0 Å². The molecule has 1 N–H and O–H groups in total. The molecule has 7 heteroatoms. The molecule has 3 aromatic rings. The lowest BCUT2D eigenvalue weighted by Gasteiger charge is -2.04. The Hall–Kier alpha value is -2.96. The molecule has 0 unspecified atom stereocenters. The van der Waals surface area contributed by atoms with E-state index in [0.717, 1.165) is 5.69 Å². The van der Waals surface area contributed by atoms with Gasteiger partial charge in [0.05, 0.1) is 7.11 Å². The van der Waals surface area contributed by atoms with E-state index in [-0.39, 0.29) is 5.91 Å². The second-order valence-corrected chi connectivity index (χ2v) is 4.68. The summed E-state index contributed by atoms with van der Waals surface area (Å²) in [6.45, 7) is 0. The molecule has 0 aliphatic rings. The van der Waals surface area contributed by atoms with Gasteiger partial charge < -0.3 is 10.1 Å². The minimum absolute atomic E-state index is 0.0779. The Labute approximate surface area is 126 Å². The largest absolute Gasteiger partial charge is 0.480 e. The summed E-state index contributed by atoms with van der Waals surface area (Å²) >= 11 is 0. The van der Waals surface area contributed by atoms with Crippen LogP contribution in [0.25, 0.3) is 5.65 Å². The zero-order chi connectivity index (χ0) is 15.4. The van der Waals surface area contributed by atoms with E-state index >= 15 is 0 Å². The van der Waals surface area contributed by atoms with Crippen molar-refractivity contribution in [2.45, 2.75) is 12.8 Å². The van der Waals surface area contributed by atoms with Crippen molar-refractivity contribution in [3.63, 3.8) is 0 Å². The minimum atomic E-state index is -0.0779. The Balaban J connectivity index is 1.67. The van der Waals surface area contributed by atoms with Crippen LogP contribution in [0.2, 0.25) is 0 Å². The number of carbonyl (C=O) groups excluding carboxylic acids is 1. The summed E-state index contributed by atoms with van der Waals surface area (Å²) < 4.78 is 6.68. The van der Waals surface area contributed by atoms with Crippen molar-refractivity contribution >= 4 is 17.2 Å². The zero-order valence-corrected chi connectivity index (χ0v) is 12.1.